The number of hydrogen-bond acceptors (Lipinski definition) is 6. The van der Waals surface area contributed by atoms with E-state index in [0.717, 1.165) is 5.56 Å². The van der Waals surface area contributed by atoms with Gasteiger partial charge in [-0.2, -0.15) is 5.06 Å². The van der Waals surface area contributed by atoms with Crippen LogP contribution in [0.5, 0.6) is 0 Å². The van der Waals surface area contributed by atoms with Gasteiger partial charge in [-0.25, -0.2) is 0 Å². The molecule has 1 N–H and O–H groups in total. The molecule has 0 bridgehead atoms. The highest BCUT2D eigenvalue weighted by Gasteiger charge is 2.72. The summed E-state index contributed by atoms with van der Waals surface area (Å²) in [4.78, 5) is 42.6. The van der Waals surface area contributed by atoms with Crippen LogP contribution in [0.25, 0.3) is 0 Å². The van der Waals surface area contributed by atoms with Crippen LogP contribution < -0.4 is 5.32 Å². The quantitative estimate of drug-likeness (QED) is 0.494. The van der Waals surface area contributed by atoms with Crippen LogP contribution in [0.1, 0.15) is 29.5 Å². The summed E-state index contributed by atoms with van der Waals surface area (Å²) in [5, 5.41) is 16.4. The van der Waals surface area contributed by atoms with E-state index in [2.05, 4.69) is 5.32 Å². The third-order valence-electron chi connectivity index (χ3n) is 5.34. The first-order valence-electron chi connectivity index (χ1n) is 8.17. The van der Waals surface area contributed by atoms with Crippen molar-refractivity contribution in [1.29, 1.82) is 0 Å². The minimum Gasteiger partial charge on any atom is -0.336 e. The number of hydrogen-bond donors (Lipinski definition) is 1. The van der Waals surface area contributed by atoms with Gasteiger partial charge < -0.3 is 10.2 Å². The van der Waals surface area contributed by atoms with Gasteiger partial charge in [0.15, 0.2) is 0 Å². The molecule has 8 nitrogen and oxygen atoms in total. The van der Waals surface area contributed by atoms with Crippen molar-refractivity contribution in [2.75, 3.05) is 20.2 Å². The zero-order valence-corrected chi connectivity index (χ0v) is 14.5. The average Bonchev–Trinajstić information content (AvgIpc) is 2.79. The second-order valence-electron chi connectivity index (χ2n) is 6.76. The summed E-state index contributed by atoms with van der Waals surface area (Å²) in [6.45, 7) is 4.30. The molecule has 1 atom stereocenters. The molecule has 0 saturated carbocycles. The van der Waals surface area contributed by atoms with E-state index < -0.39 is 27.7 Å². The van der Waals surface area contributed by atoms with Crippen LogP contribution in [0.3, 0.4) is 0 Å². The van der Waals surface area contributed by atoms with E-state index in [0.29, 0.717) is 18.7 Å². The van der Waals surface area contributed by atoms with Crippen molar-refractivity contribution in [2.24, 2.45) is 0 Å². The first-order valence-corrected chi connectivity index (χ1v) is 8.17. The average molecular weight is 347 g/mol. The molecule has 2 aliphatic rings. The van der Waals surface area contributed by atoms with E-state index in [9.17, 15) is 19.7 Å². The molecule has 134 valence electrons. The number of nitrogens with one attached hydrogen (secondary N) is 1. The summed E-state index contributed by atoms with van der Waals surface area (Å²) < 4.78 is 0. The molecule has 2 aliphatic heterocycles. The normalized spacial score (nSPS) is 26.0. The lowest BCUT2D eigenvalue weighted by Crippen LogP contribution is -2.56. The highest BCUT2D eigenvalue weighted by Crippen LogP contribution is 2.42. The predicted molar refractivity (Wildman–Crippen MR) is 88.3 cm³/mol. The molecule has 1 amide bonds. The number of Topliss-reactive ketones (excluding diaryl/α,β-unsaturated/α-hetero) is 1. The molecule has 0 radical (unpaired) electrons. The molecule has 0 aromatic heterocycles. The number of nitro groups is 1. The van der Waals surface area contributed by atoms with Crippen LogP contribution in [-0.4, -0.2) is 47.4 Å². The molecule has 25 heavy (non-hydrogen) atoms. The lowest BCUT2D eigenvalue weighted by Gasteiger charge is -2.36. The van der Waals surface area contributed by atoms with Crippen LogP contribution >= 0.6 is 0 Å². The van der Waals surface area contributed by atoms with E-state index >= 15 is 0 Å². The van der Waals surface area contributed by atoms with Gasteiger partial charge in [0.2, 0.25) is 5.78 Å². The number of aryl methyl sites for hydroxylation is 2. The molecule has 1 aromatic carbocycles. The summed E-state index contributed by atoms with van der Waals surface area (Å²) in [7, 11) is 1.53. The number of hydroxylamine groups is 2. The van der Waals surface area contributed by atoms with Crippen molar-refractivity contribution >= 4 is 11.7 Å². The SMILES string of the molecule is CON1CCC2(CC1)NC(=O)C(c1cc(C)ccc1C)([N+](=O)[O-])C2=O. The van der Waals surface area contributed by atoms with Gasteiger partial charge >= 0.3 is 11.4 Å². The van der Waals surface area contributed by atoms with Crippen LogP contribution in [0.15, 0.2) is 18.2 Å². The van der Waals surface area contributed by atoms with Crippen molar-refractivity contribution in [3.05, 3.63) is 45.0 Å². The van der Waals surface area contributed by atoms with Crippen LogP contribution in [-0.2, 0) is 20.0 Å². The number of nitrogens with zero attached hydrogens (tertiary/aromatic N) is 2. The Morgan fingerprint density at radius 1 is 1.24 bits per heavy atom. The highest BCUT2D eigenvalue weighted by atomic mass is 16.7. The molecule has 2 saturated heterocycles. The van der Waals surface area contributed by atoms with Gasteiger partial charge in [-0.1, -0.05) is 17.7 Å². The smallest absolute Gasteiger partial charge is 0.336 e. The van der Waals surface area contributed by atoms with Crippen molar-refractivity contribution in [3.63, 3.8) is 0 Å². The van der Waals surface area contributed by atoms with E-state index in [1.54, 1.807) is 37.1 Å². The number of rotatable bonds is 3. The zero-order chi connectivity index (χ0) is 18.4. The monoisotopic (exact) mass is 347 g/mol. The third-order valence-corrected chi connectivity index (χ3v) is 5.34. The molecule has 1 spiro atoms. The first-order chi connectivity index (χ1) is 11.8. The van der Waals surface area contributed by atoms with E-state index in [1.165, 1.54) is 7.11 Å². The largest absolute Gasteiger partial charge is 0.383 e. The Kier molecular flexibility index (Phi) is 4.12. The lowest BCUT2D eigenvalue weighted by molar-refractivity contribution is -0.542. The second-order valence-corrected chi connectivity index (χ2v) is 6.76. The van der Waals surface area contributed by atoms with Crippen molar-refractivity contribution in [2.45, 2.75) is 37.8 Å². The van der Waals surface area contributed by atoms with Gasteiger partial charge in [0.25, 0.3) is 0 Å². The van der Waals surface area contributed by atoms with Crippen molar-refractivity contribution in [1.82, 2.24) is 10.4 Å². The number of carbonyl (C=O) groups excluding carboxylic acids is 2. The number of carbonyl (C=O) groups is 2. The number of ketones is 1. The van der Waals surface area contributed by atoms with Crippen LogP contribution in [0, 0.1) is 24.0 Å². The molecular formula is C17H21N3O5. The fourth-order valence-electron chi connectivity index (χ4n) is 3.85. The first kappa shape index (κ1) is 17.5. The predicted octanol–water partition coefficient (Wildman–Crippen LogP) is 0.870. The maximum absolute atomic E-state index is 13.3. The lowest BCUT2D eigenvalue weighted by atomic mass is 9.75. The molecule has 2 heterocycles. The van der Waals surface area contributed by atoms with E-state index in [-0.39, 0.29) is 18.4 Å². The summed E-state index contributed by atoms with van der Waals surface area (Å²) in [5.41, 5.74) is -2.12. The Balaban J connectivity index is 2.12. The van der Waals surface area contributed by atoms with E-state index in [4.69, 9.17) is 4.84 Å². The van der Waals surface area contributed by atoms with Gasteiger partial charge in [0.1, 0.15) is 5.54 Å². The molecule has 0 aliphatic carbocycles. The maximum atomic E-state index is 13.3. The topological polar surface area (TPSA) is 102 Å². The van der Waals surface area contributed by atoms with Gasteiger partial charge in [0.05, 0.1) is 7.11 Å². The Morgan fingerprint density at radius 2 is 1.88 bits per heavy atom. The number of amides is 1. The summed E-state index contributed by atoms with van der Waals surface area (Å²) in [5.74, 6) is -1.51. The second kappa shape index (κ2) is 5.89. The van der Waals surface area contributed by atoms with Crippen LogP contribution in [0.4, 0.5) is 0 Å². The zero-order valence-electron chi connectivity index (χ0n) is 14.5. The number of piperidine rings is 1. The Labute approximate surface area is 145 Å². The van der Waals surface area contributed by atoms with Gasteiger partial charge in [-0.3, -0.25) is 19.7 Å². The van der Waals surface area contributed by atoms with Gasteiger partial charge in [-0.15, -0.1) is 0 Å². The fraction of sp³-hybridized carbons (Fsp3) is 0.529. The van der Waals surface area contributed by atoms with Crippen molar-refractivity contribution in [3.8, 4) is 0 Å². The molecule has 1 aromatic rings. The standard InChI is InChI=1S/C17H21N3O5/c1-11-4-5-12(2)13(10-11)17(20(23)24)14(21)16(18-15(17)22)6-8-19(25-3)9-7-16/h4-5,10H,6-9H2,1-3H3,(H,18,22). The Hall–Kier alpha value is -2.32. The van der Waals surface area contributed by atoms with Crippen molar-refractivity contribution < 1.29 is 19.3 Å². The Bertz CT molecular complexity index is 755. The highest BCUT2D eigenvalue weighted by molar-refractivity contribution is 6.20. The minimum absolute atomic E-state index is 0.158. The van der Waals surface area contributed by atoms with Gasteiger partial charge in [0, 0.05) is 23.6 Å². The summed E-state index contributed by atoms with van der Waals surface area (Å²) in [6.07, 6.45) is 0.567. The summed E-state index contributed by atoms with van der Waals surface area (Å²) in [6, 6.07) is 5.07. The molecule has 1 unspecified atom stereocenters. The van der Waals surface area contributed by atoms with Crippen LogP contribution in [0.2, 0.25) is 0 Å². The summed E-state index contributed by atoms with van der Waals surface area (Å²) >= 11 is 0. The fourth-order valence-corrected chi connectivity index (χ4v) is 3.85. The maximum Gasteiger partial charge on any atom is 0.383 e. The molecular weight excluding hydrogens is 326 g/mol. The molecule has 3 rings (SSSR count). The minimum atomic E-state index is -2.38. The molecule has 8 heteroatoms. The number of benzene rings is 1. The molecule has 2 fully saturated rings. The van der Waals surface area contributed by atoms with Gasteiger partial charge in [-0.05, 0) is 38.3 Å². The Morgan fingerprint density at radius 3 is 2.44 bits per heavy atom. The third kappa shape index (κ3) is 2.36. The van der Waals surface area contributed by atoms with E-state index in [1.807, 2.05) is 0 Å².